The average molecular weight is 367 g/mol. The summed E-state index contributed by atoms with van der Waals surface area (Å²) < 4.78 is 8.77. The number of benzene rings is 1. The summed E-state index contributed by atoms with van der Waals surface area (Å²) in [5, 5.41) is 10.0. The number of aromatic nitrogens is 4. The van der Waals surface area contributed by atoms with E-state index in [-0.39, 0.29) is 5.56 Å². The molecule has 0 amide bonds. The molecule has 4 rings (SSSR count). The van der Waals surface area contributed by atoms with Crippen molar-refractivity contribution >= 4 is 10.9 Å². The Labute approximate surface area is 158 Å². The summed E-state index contributed by atoms with van der Waals surface area (Å²) in [4.78, 5) is 15.3. The second kappa shape index (κ2) is 7.25. The van der Waals surface area contributed by atoms with Crippen molar-refractivity contribution in [1.29, 1.82) is 0 Å². The van der Waals surface area contributed by atoms with Crippen LogP contribution in [0.25, 0.3) is 16.6 Å². The van der Waals surface area contributed by atoms with E-state index < -0.39 is 0 Å². The standard InChI is InChI=1S/C20H25N5O2/c1-14-4-6-17(7-5-14)25-16(3)18-15(2)21-24(20(26)19(18)22-25)9-8-23-10-12-27-13-11-23/h4-7H,8-13H2,1-3H3. The second-order valence-corrected chi connectivity index (χ2v) is 7.12. The SMILES string of the molecule is Cc1ccc(-n2nc3c(=O)n(CCN4CCOCC4)nc(C)c3c2C)cc1. The molecule has 142 valence electrons. The van der Waals surface area contributed by atoms with E-state index in [2.05, 4.69) is 22.0 Å². The van der Waals surface area contributed by atoms with Crippen molar-refractivity contribution in [2.24, 2.45) is 0 Å². The summed E-state index contributed by atoms with van der Waals surface area (Å²) >= 11 is 0. The Morgan fingerprint density at radius 3 is 2.41 bits per heavy atom. The van der Waals surface area contributed by atoms with Crippen molar-refractivity contribution in [3.8, 4) is 5.69 Å². The summed E-state index contributed by atoms with van der Waals surface area (Å²) in [5.41, 5.74) is 4.28. The summed E-state index contributed by atoms with van der Waals surface area (Å²) in [6, 6.07) is 8.14. The number of fused-ring (bicyclic) bond motifs is 1. The molecular weight excluding hydrogens is 342 g/mol. The summed E-state index contributed by atoms with van der Waals surface area (Å²) in [5.74, 6) is 0. The predicted molar refractivity (Wildman–Crippen MR) is 105 cm³/mol. The first kappa shape index (κ1) is 17.9. The van der Waals surface area contributed by atoms with Gasteiger partial charge in [-0.15, -0.1) is 0 Å². The number of rotatable bonds is 4. The molecule has 1 aliphatic rings. The van der Waals surface area contributed by atoms with Gasteiger partial charge in [0.2, 0.25) is 0 Å². The highest BCUT2D eigenvalue weighted by molar-refractivity contribution is 5.83. The number of ether oxygens (including phenoxy) is 1. The predicted octanol–water partition coefficient (Wildman–Crippen LogP) is 1.84. The maximum Gasteiger partial charge on any atom is 0.295 e. The molecule has 0 saturated carbocycles. The molecule has 0 atom stereocenters. The van der Waals surface area contributed by atoms with Gasteiger partial charge in [-0.05, 0) is 32.9 Å². The van der Waals surface area contributed by atoms with Gasteiger partial charge in [0.1, 0.15) is 0 Å². The molecule has 1 saturated heterocycles. The molecule has 0 aliphatic carbocycles. The molecule has 3 heterocycles. The smallest absolute Gasteiger partial charge is 0.295 e. The van der Waals surface area contributed by atoms with Crippen LogP contribution in [-0.4, -0.2) is 57.3 Å². The van der Waals surface area contributed by atoms with Crippen LogP contribution in [0.2, 0.25) is 0 Å². The molecule has 0 spiro atoms. The Morgan fingerprint density at radius 1 is 1.00 bits per heavy atom. The van der Waals surface area contributed by atoms with Crippen molar-refractivity contribution in [2.75, 3.05) is 32.8 Å². The van der Waals surface area contributed by atoms with Crippen LogP contribution in [0.4, 0.5) is 0 Å². The van der Waals surface area contributed by atoms with E-state index in [1.165, 1.54) is 5.56 Å². The monoisotopic (exact) mass is 367 g/mol. The zero-order valence-electron chi connectivity index (χ0n) is 16.1. The maximum atomic E-state index is 13.0. The topological polar surface area (TPSA) is 65.2 Å². The lowest BCUT2D eigenvalue weighted by Gasteiger charge is -2.26. The largest absolute Gasteiger partial charge is 0.379 e. The minimum absolute atomic E-state index is 0.127. The normalized spacial score (nSPS) is 15.5. The number of aryl methyl sites for hydroxylation is 3. The lowest BCUT2D eigenvalue weighted by atomic mass is 10.2. The number of hydrogen-bond donors (Lipinski definition) is 0. The van der Waals surface area contributed by atoms with Crippen LogP contribution in [0, 0.1) is 20.8 Å². The fraction of sp³-hybridized carbons (Fsp3) is 0.450. The highest BCUT2D eigenvalue weighted by Gasteiger charge is 2.18. The third-order valence-corrected chi connectivity index (χ3v) is 5.20. The van der Waals surface area contributed by atoms with E-state index in [9.17, 15) is 4.79 Å². The van der Waals surface area contributed by atoms with Gasteiger partial charge in [0.15, 0.2) is 5.52 Å². The van der Waals surface area contributed by atoms with Crippen molar-refractivity contribution in [2.45, 2.75) is 27.3 Å². The van der Waals surface area contributed by atoms with Gasteiger partial charge in [0.25, 0.3) is 5.56 Å². The molecule has 7 nitrogen and oxygen atoms in total. The number of hydrogen-bond acceptors (Lipinski definition) is 5. The Balaban J connectivity index is 1.70. The number of morpholine rings is 1. The average Bonchev–Trinajstić information content (AvgIpc) is 3.03. The van der Waals surface area contributed by atoms with Crippen LogP contribution in [0.15, 0.2) is 29.1 Å². The molecule has 0 N–H and O–H groups in total. The van der Waals surface area contributed by atoms with E-state index >= 15 is 0 Å². The second-order valence-electron chi connectivity index (χ2n) is 7.12. The number of nitrogens with zero attached hydrogens (tertiary/aromatic N) is 5. The Kier molecular flexibility index (Phi) is 4.80. The van der Waals surface area contributed by atoms with Crippen LogP contribution >= 0.6 is 0 Å². The van der Waals surface area contributed by atoms with Gasteiger partial charge in [-0.25, -0.2) is 9.36 Å². The molecule has 0 bridgehead atoms. The quantitative estimate of drug-likeness (QED) is 0.704. The van der Waals surface area contributed by atoms with Crippen LogP contribution in [0.3, 0.4) is 0 Å². The first-order valence-corrected chi connectivity index (χ1v) is 9.39. The van der Waals surface area contributed by atoms with E-state index in [0.29, 0.717) is 12.1 Å². The van der Waals surface area contributed by atoms with Gasteiger partial charge < -0.3 is 4.74 Å². The van der Waals surface area contributed by atoms with Gasteiger partial charge >= 0.3 is 0 Å². The van der Waals surface area contributed by atoms with E-state index in [1.54, 1.807) is 4.68 Å². The Morgan fingerprint density at radius 2 is 1.70 bits per heavy atom. The fourth-order valence-electron chi connectivity index (χ4n) is 3.63. The third kappa shape index (κ3) is 3.40. The Hall–Kier alpha value is -2.51. The van der Waals surface area contributed by atoms with Gasteiger partial charge in [-0.1, -0.05) is 17.7 Å². The highest BCUT2D eigenvalue weighted by atomic mass is 16.5. The molecular formula is C20H25N5O2. The van der Waals surface area contributed by atoms with Gasteiger partial charge in [0, 0.05) is 19.6 Å². The van der Waals surface area contributed by atoms with Crippen molar-refractivity contribution < 1.29 is 4.74 Å². The van der Waals surface area contributed by atoms with E-state index in [1.807, 2.05) is 42.8 Å². The third-order valence-electron chi connectivity index (χ3n) is 5.20. The van der Waals surface area contributed by atoms with Crippen LogP contribution in [-0.2, 0) is 11.3 Å². The molecule has 7 heteroatoms. The van der Waals surface area contributed by atoms with Crippen molar-refractivity contribution in [1.82, 2.24) is 24.5 Å². The minimum atomic E-state index is -0.127. The molecule has 27 heavy (non-hydrogen) atoms. The van der Waals surface area contributed by atoms with E-state index in [4.69, 9.17) is 4.74 Å². The minimum Gasteiger partial charge on any atom is -0.379 e. The molecule has 1 aliphatic heterocycles. The van der Waals surface area contributed by atoms with Crippen molar-refractivity contribution in [3.63, 3.8) is 0 Å². The van der Waals surface area contributed by atoms with Crippen molar-refractivity contribution in [3.05, 3.63) is 51.6 Å². The molecule has 2 aromatic heterocycles. The summed E-state index contributed by atoms with van der Waals surface area (Å²) in [7, 11) is 0. The lowest BCUT2D eigenvalue weighted by molar-refractivity contribution is 0.0358. The van der Waals surface area contributed by atoms with Gasteiger partial charge in [0.05, 0.1) is 42.2 Å². The molecule has 1 fully saturated rings. The first-order chi connectivity index (χ1) is 13.0. The molecule has 3 aromatic rings. The van der Waals surface area contributed by atoms with Crippen LogP contribution in [0.1, 0.15) is 17.0 Å². The Bertz CT molecular complexity index is 1010. The summed E-state index contributed by atoms with van der Waals surface area (Å²) in [6.45, 7) is 10.6. The van der Waals surface area contributed by atoms with Gasteiger partial charge in [-0.3, -0.25) is 9.69 Å². The lowest BCUT2D eigenvalue weighted by Crippen LogP contribution is -2.39. The van der Waals surface area contributed by atoms with Crippen LogP contribution < -0.4 is 5.56 Å². The summed E-state index contributed by atoms with van der Waals surface area (Å²) in [6.07, 6.45) is 0. The van der Waals surface area contributed by atoms with Gasteiger partial charge in [-0.2, -0.15) is 10.2 Å². The molecule has 0 radical (unpaired) electrons. The zero-order chi connectivity index (χ0) is 19.0. The highest BCUT2D eigenvalue weighted by Crippen LogP contribution is 2.21. The molecule has 1 aromatic carbocycles. The maximum absolute atomic E-state index is 13.0. The molecule has 0 unspecified atom stereocenters. The fourth-order valence-corrected chi connectivity index (χ4v) is 3.63. The first-order valence-electron chi connectivity index (χ1n) is 9.39. The van der Waals surface area contributed by atoms with E-state index in [0.717, 1.165) is 55.3 Å². The van der Waals surface area contributed by atoms with Crippen LogP contribution in [0.5, 0.6) is 0 Å². The zero-order valence-corrected chi connectivity index (χ0v) is 16.1.